The topological polar surface area (TPSA) is 47.1 Å². The first-order chi connectivity index (χ1) is 9.02. The molecule has 0 aliphatic carbocycles. The minimum atomic E-state index is 0.714. The van der Waals surface area contributed by atoms with E-state index >= 15 is 0 Å². The molecule has 104 valence electrons. The standard InChI is InChI=1S/C15H24N4/c1-11-8-13-14(9-12(11)2)19(7-5-6-16)15(17-13)10-18(3)4/h8-9H,5-7,10,16H2,1-4H3. The van der Waals surface area contributed by atoms with Crippen molar-refractivity contribution in [3.05, 3.63) is 29.1 Å². The number of nitrogens with two attached hydrogens (primary N) is 1. The zero-order valence-corrected chi connectivity index (χ0v) is 12.4. The van der Waals surface area contributed by atoms with Gasteiger partial charge in [0, 0.05) is 6.54 Å². The lowest BCUT2D eigenvalue weighted by atomic mass is 10.1. The fourth-order valence-electron chi connectivity index (χ4n) is 2.33. The molecular formula is C15H24N4. The Morgan fingerprint density at radius 3 is 2.53 bits per heavy atom. The van der Waals surface area contributed by atoms with E-state index in [0.717, 1.165) is 30.9 Å². The molecule has 0 unspecified atom stereocenters. The van der Waals surface area contributed by atoms with Gasteiger partial charge in [-0.3, -0.25) is 0 Å². The molecule has 1 aromatic heterocycles. The molecule has 0 spiro atoms. The molecule has 0 aliphatic heterocycles. The van der Waals surface area contributed by atoms with Crippen LogP contribution < -0.4 is 5.73 Å². The predicted molar refractivity (Wildman–Crippen MR) is 80.3 cm³/mol. The average Bonchev–Trinajstić information content (AvgIpc) is 2.63. The van der Waals surface area contributed by atoms with Gasteiger partial charge in [-0.05, 0) is 64.2 Å². The van der Waals surface area contributed by atoms with Crippen LogP contribution in [0.4, 0.5) is 0 Å². The van der Waals surface area contributed by atoms with Crippen LogP contribution in [0, 0.1) is 13.8 Å². The van der Waals surface area contributed by atoms with Gasteiger partial charge in [0.05, 0.1) is 17.6 Å². The summed E-state index contributed by atoms with van der Waals surface area (Å²) in [6, 6.07) is 4.43. The van der Waals surface area contributed by atoms with Gasteiger partial charge in [0.1, 0.15) is 5.82 Å². The van der Waals surface area contributed by atoms with Crippen molar-refractivity contribution in [3.8, 4) is 0 Å². The predicted octanol–water partition coefficient (Wildman–Crippen LogP) is 2.06. The summed E-state index contributed by atoms with van der Waals surface area (Å²) in [4.78, 5) is 6.94. The fraction of sp³-hybridized carbons (Fsp3) is 0.533. The van der Waals surface area contributed by atoms with E-state index in [2.05, 4.69) is 49.5 Å². The van der Waals surface area contributed by atoms with Crippen LogP contribution >= 0.6 is 0 Å². The maximum atomic E-state index is 5.65. The molecule has 0 radical (unpaired) electrons. The van der Waals surface area contributed by atoms with Gasteiger partial charge in [0.2, 0.25) is 0 Å². The Morgan fingerprint density at radius 1 is 1.21 bits per heavy atom. The normalized spacial score (nSPS) is 11.7. The molecule has 2 aromatic rings. The first-order valence-electron chi connectivity index (χ1n) is 6.84. The molecule has 2 rings (SSSR count). The van der Waals surface area contributed by atoms with E-state index < -0.39 is 0 Å². The van der Waals surface area contributed by atoms with Gasteiger partial charge in [-0.25, -0.2) is 4.98 Å². The van der Waals surface area contributed by atoms with Crippen molar-refractivity contribution in [2.45, 2.75) is 33.4 Å². The second-order valence-electron chi connectivity index (χ2n) is 5.48. The Balaban J connectivity index is 2.52. The van der Waals surface area contributed by atoms with Crippen LogP contribution in [0.25, 0.3) is 11.0 Å². The van der Waals surface area contributed by atoms with Crippen molar-refractivity contribution in [2.75, 3.05) is 20.6 Å². The summed E-state index contributed by atoms with van der Waals surface area (Å²) in [5.41, 5.74) is 10.6. The van der Waals surface area contributed by atoms with Crippen molar-refractivity contribution in [1.82, 2.24) is 14.5 Å². The summed E-state index contributed by atoms with van der Waals surface area (Å²) in [7, 11) is 4.15. The van der Waals surface area contributed by atoms with E-state index in [0.29, 0.717) is 6.54 Å². The zero-order chi connectivity index (χ0) is 14.0. The van der Waals surface area contributed by atoms with Crippen LogP contribution in [0.3, 0.4) is 0 Å². The Hall–Kier alpha value is -1.39. The third-order valence-electron chi connectivity index (χ3n) is 3.49. The lowest BCUT2D eigenvalue weighted by Crippen LogP contribution is -2.16. The van der Waals surface area contributed by atoms with Crippen molar-refractivity contribution >= 4 is 11.0 Å². The highest BCUT2D eigenvalue weighted by molar-refractivity contribution is 5.78. The summed E-state index contributed by atoms with van der Waals surface area (Å²) in [5.74, 6) is 1.12. The van der Waals surface area contributed by atoms with Crippen molar-refractivity contribution in [1.29, 1.82) is 0 Å². The highest BCUT2D eigenvalue weighted by Crippen LogP contribution is 2.21. The van der Waals surface area contributed by atoms with Gasteiger partial charge in [-0.15, -0.1) is 0 Å². The van der Waals surface area contributed by atoms with E-state index in [1.807, 2.05) is 0 Å². The third kappa shape index (κ3) is 2.96. The smallest absolute Gasteiger partial charge is 0.124 e. The van der Waals surface area contributed by atoms with Gasteiger partial charge < -0.3 is 15.2 Å². The van der Waals surface area contributed by atoms with Gasteiger partial charge in [-0.1, -0.05) is 0 Å². The number of hydrogen-bond donors (Lipinski definition) is 1. The monoisotopic (exact) mass is 260 g/mol. The lowest BCUT2D eigenvalue weighted by Gasteiger charge is -2.12. The maximum Gasteiger partial charge on any atom is 0.124 e. The summed E-state index contributed by atoms with van der Waals surface area (Å²) in [6.07, 6.45) is 0.985. The van der Waals surface area contributed by atoms with E-state index in [1.54, 1.807) is 0 Å². The SMILES string of the molecule is Cc1cc2nc(CN(C)C)n(CCCN)c2cc1C. The summed E-state index contributed by atoms with van der Waals surface area (Å²) in [5, 5.41) is 0. The Morgan fingerprint density at radius 2 is 1.89 bits per heavy atom. The van der Waals surface area contributed by atoms with Gasteiger partial charge in [-0.2, -0.15) is 0 Å². The number of imidazole rings is 1. The highest BCUT2D eigenvalue weighted by atomic mass is 15.2. The molecule has 1 aromatic carbocycles. The molecule has 0 saturated carbocycles. The number of rotatable bonds is 5. The van der Waals surface area contributed by atoms with E-state index in [1.165, 1.54) is 16.6 Å². The van der Waals surface area contributed by atoms with Gasteiger partial charge in [0.25, 0.3) is 0 Å². The number of hydrogen-bond acceptors (Lipinski definition) is 3. The van der Waals surface area contributed by atoms with Crippen LogP contribution in [0.1, 0.15) is 23.4 Å². The zero-order valence-electron chi connectivity index (χ0n) is 12.4. The highest BCUT2D eigenvalue weighted by Gasteiger charge is 2.12. The molecule has 0 bridgehead atoms. The van der Waals surface area contributed by atoms with Crippen molar-refractivity contribution in [2.24, 2.45) is 5.73 Å². The Kier molecular flexibility index (Phi) is 4.22. The first kappa shape index (κ1) is 14.0. The third-order valence-corrected chi connectivity index (χ3v) is 3.49. The van der Waals surface area contributed by atoms with E-state index in [9.17, 15) is 0 Å². The van der Waals surface area contributed by atoms with Crippen LogP contribution in [0.15, 0.2) is 12.1 Å². The molecule has 4 nitrogen and oxygen atoms in total. The molecule has 0 amide bonds. The van der Waals surface area contributed by atoms with Crippen LogP contribution in [0.2, 0.25) is 0 Å². The molecule has 0 aliphatic rings. The number of nitrogens with zero attached hydrogens (tertiary/aromatic N) is 3. The largest absolute Gasteiger partial charge is 0.330 e. The number of aryl methyl sites for hydroxylation is 3. The summed E-state index contributed by atoms with van der Waals surface area (Å²) in [6.45, 7) is 6.81. The Labute approximate surface area is 115 Å². The first-order valence-corrected chi connectivity index (χ1v) is 6.84. The minimum absolute atomic E-state index is 0.714. The maximum absolute atomic E-state index is 5.65. The minimum Gasteiger partial charge on any atom is -0.330 e. The number of fused-ring (bicyclic) bond motifs is 1. The van der Waals surface area contributed by atoms with Gasteiger partial charge >= 0.3 is 0 Å². The molecule has 1 heterocycles. The summed E-state index contributed by atoms with van der Waals surface area (Å²) < 4.78 is 2.31. The molecule has 0 atom stereocenters. The molecule has 19 heavy (non-hydrogen) atoms. The van der Waals surface area contributed by atoms with Crippen LogP contribution in [-0.4, -0.2) is 35.1 Å². The fourth-order valence-corrected chi connectivity index (χ4v) is 2.33. The quantitative estimate of drug-likeness (QED) is 0.895. The average molecular weight is 260 g/mol. The van der Waals surface area contributed by atoms with E-state index in [4.69, 9.17) is 10.7 Å². The summed E-state index contributed by atoms with van der Waals surface area (Å²) >= 11 is 0. The lowest BCUT2D eigenvalue weighted by molar-refractivity contribution is 0.381. The second kappa shape index (κ2) is 5.72. The number of aromatic nitrogens is 2. The van der Waals surface area contributed by atoms with Gasteiger partial charge in [0.15, 0.2) is 0 Å². The Bertz CT molecular complexity index is 569. The molecule has 4 heteroatoms. The van der Waals surface area contributed by atoms with Crippen molar-refractivity contribution < 1.29 is 0 Å². The molecule has 0 fully saturated rings. The second-order valence-corrected chi connectivity index (χ2v) is 5.48. The molecule has 2 N–H and O–H groups in total. The molecular weight excluding hydrogens is 236 g/mol. The van der Waals surface area contributed by atoms with Crippen molar-refractivity contribution in [3.63, 3.8) is 0 Å². The number of benzene rings is 1. The van der Waals surface area contributed by atoms with Crippen LogP contribution in [-0.2, 0) is 13.1 Å². The van der Waals surface area contributed by atoms with E-state index in [-0.39, 0.29) is 0 Å². The van der Waals surface area contributed by atoms with Crippen LogP contribution in [0.5, 0.6) is 0 Å². The molecule has 0 saturated heterocycles.